The summed E-state index contributed by atoms with van der Waals surface area (Å²) in [5.41, 5.74) is 0. The number of carbonyl (C=O) groups is 2. The summed E-state index contributed by atoms with van der Waals surface area (Å²) >= 11 is 0. The molecule has 6 nitrogen and oxygen atoms in total. The topological polar surface area (TPSA) is 78.9 Å². The maximum Gasteiger partial charge on any atom is 0.326 e. The highest BCUT2D eigenvalue weighted by Gasteiger charge is 2.39. The van der Waals surface area contributed by atoms with Gasteiger partial charge in [0.05, 0.1) is 6.10 Å². The van der Waals surface area contributed by atoms with E-state index in [1.807, 2.05) is 19.1 Å². The quantitative estimate of drug-likeness (QED) is 0.564. The largest absolute Gasteiger partial charge is 0.480 e. The first kappa shape index (κ1) is 14.5. The lowest BCUT2D eigenvalue weighted by atomic mass is 10.2. The Morgan fingerprint density at radius 1 is 1.56 bits per heavy atom. The summed E-state index contributed by atoms with van der Waals surface area (Å²) < 4.78 is 5.12. The molecule has 0 spiro atoms. The first-order valence-electron chi connectivity index (χ1n) is 6.01. The molecule has 2 unspecified atom stereocenters. The summed E-state index contributed by atoms with van der Waals surface area (Å²) in [6.45, 7) is 2.73. The van der Waals surface area contributed by atoms with Gasteiger partial charge in [0.15, 0.2) is 0 Å². The zero-order valence-electron chi connectivity index (χ0n) is 10.8. The number of methoxy groups -OCH3 is 1. The van der Waals surface area contributed by atoms with Crippen LogP contribution in [0.25, 0.3) is 0 Å². The summed E-state index contributed by atoms with van der Waals surface area (Å²) in [6, 6.07) is -1.14. The van der Waals surface area contributed by atoms with Gasteiger partial charge in [0.25, 0.3) is 0 Å². The lowest BCUT2D eigenvalue weighted by molar-refractivity contribution is -0.141. The van der Waals surface area contributed by atoms with E-state index in [0.717, 1.165) is 6.42 Å². The molecule has 1 aliphatic heterocycles. The standard InChI is InChI=1S/C12H20N2O4/c1-3-4-5-6-13-12(17)14-8-9(18-2)7-10(14)11(15)16/h3-4,9-10H,5-8H2,1-2H3,(H,13,17)(H,15,16)/b4-3+. The monoisotopic (exact) mass is 256 g/mol. The van der Waals surface area contributed by atoms with Gasteiger partial charge in [0.1, 0.15) is 6.04 Å². The van der Waals surface area contributed by atoms with Crippen molar-refractivity contribution in [2.24, 2.45) is 0 Å². The molecular formula is C12H20N2O4. The van der Waals surface area contributed by atoms with E-state index in [0.29, 0.717) is 19.5 Å². The molecule has 1 aliphatic rings. The van der Waals surface area contributed by atoms with Gasteiger partial charge in [-0.3, -0.25) is 0 Å². The highest BCUT2D eigenvalue weighted by molar-refractivity contribution is 5.83. The molecule has 2 atom stereocenters. The molecule has 2 amide bonds. The molecule has 1 fully saturated rings. The van der Waals surface area contributed by atoms with Crippen molar-refractivity contribution in [3.63, 3.8) is 0 Å². The van der Waals surface area contributed by atoms with Crippen LogP contribution in [0.5, 0.6) is 0 Å². The van der Waals surface area contributed by atoms with Gasteiger partial charge in [-0.2, -0.15) is 0 Å². The number of carboxylic acid groups (broad SMARTS) is 1. The first-order chi connectivity index (χ1) is 8.60. The summed E-state index contributed by atoms with van der Waals surface area (Å²) in [5.74, 6) is -0.988. The molecule has 0 aromatic carbocycles. The van der Waals surface area contributed by atoms with Gasteiger partial charge in [-0.1, -0.05) is 12.2 Å². The third-order valence-electron chi connectivity index (χ3n) is 2.96. The zero-order valence-corrected chi connectivity index (χ0v) is 10.8. The van der Waals surface area contributed by atoms with Crippen LogP contribution < -0.4 is 5.32 Å². The minimum absolute atomic E-state index is 0.201. The predicted molar refractivity (Wildman–Crippen MR) is 66.4 cm³/mol. The van der Waals surface area contributed by atoms with E-state index in [2.05, 4.69) is 5.32 Å². The number of nitrogens with one attached hydrogen (secondary N) is 1. The van der Waals surface area contributed by atoms with E-state index in [9.17, 15) is 9.59 Å². The SMILES string of the molecule is C/C=C/CCNC(=O)N1CC(OC)CC1C(=O)O. The fraction of sp³-hybridized carbons (Fsp3) is 0.667. The molecule has 0 radical (unpaired) electrons. The third-order valence-corrected chi connectivity index (χ3v) is 2.96. The van der Waals surface area contributed by atoms with Crippen molar-refractivity contribution < 1.29 is 19.4 Å². The van der Waals surface area contributed by atoms with Crippen molar-refractivity contribution in [3.8, 4) is 0 Å². The van der Waals surface area contributed by atoms with Crippen LogP contribution in [0.3, 0.4) is 0 Å². The Kier molecular flexibility index (Phi) is 5.64. The average Bonchev–Trinajstić information content (AvgIpc) is 2.78. The Morgan fingerprint density at radius 2 is 2.28 bits per heavy atom. The fourth-order valence-electron chi connectivity index (χ4n) is 1.96. The second kappa shape index (κ2) is 7.00. The predicted octanol–water partition coefficient (Wildman–Crippen LogP) is 0.836. The van der Waals surface area contributed by atoms with Crippen LogP contribution in [-0.4, -0.2) is 54.4 Å². The van der Waals surface area contributed by atoms with Gasteiger partial charge in [0.2, 0.25) is 0 Å². The number of hydrogen-bond acceptors (Lipinski definition) is 3. The average molecular weight is 256 g/mol. The molecular weight excluding hydrogens is 236 g/mol. The molecule has 1 heterocycles. The summed E-state index contributed by atoms with van der Waals surface area (Å²) in [6.07, 6.45) is 4.72. The van der Waals surface area contributed by atoms with E-state index in [1.165, 1.54) is 12.0 Å². The maximum absolute atomic E-state index is 11.9. The number of ether oxygens (including phenoxy) is 1. The zero-order chi connectivity index (χ0) is 13.5. The van der Waals surface area contributed by atoms with Crippen molar-refractivity contribution in [2.45, 2.75) is 31.9 Å². The Morgan fingerprint density at radius 3 is 2.83 bits per heavy atom. The van der Waals surface area contributed by atoms with Crippen LogP contribution in [0.1, 0.15) is 19.8 Å². The van der Waals surface area contributed by atoms with E-state index in [4.69, 9.17) is 9.84 Å². The van der Waals surface area contributed by atoms with Gasteiger partial charge in [-0.05, 0) is 13.3 Å². The highest BCUT2D eigenvalue weighted by atomic mass is 16.5. The number of urea groups is 1. The summed E-state index contributed by atoms with van der Waals surface area (Å²) in [7, 11) is 1.52. The van der Waals surface area contributed by atoms with Gasteiger partial charge in [-0.25, -0.2) is 9.59 Å². The Balaban J connectivity index is 2.51. The first-order valence-corrected chi connectivity index (χ1v) is 6.01. The smallest absolute Gasteiger partial charge is 0.326 e. The maximum atomic E-state index is 11.9. The van der Waals surface area contributed by atoms with Crippen LogP contribution >= 0.6 is 0 Å². The number of hydrogen-bond donors (Lipinski definition) is 2. The molecule has 0 aliphatic carbocycles. The third kappa shape index (κ3) is 3.73. The number of nitrogens with zero attached hydrogens (tertiary/aromatic N) is 1. The molecule has 1 rings (SSSR count). The van der Waals surface area contributed by atoms with E-state index < -0.39 is 12.0 Å². The Hall–Kier alpha value is -1.56. The fourth-order valence-corrected chi connectivity index (χ4v) is 1.96. The second-order valence-corrected chi connectivity index (χ2v) is 4.19. The number of allylic oxidation sites excluding steroid dienone is 1. The molecule has 0 saturated carbocycles. The lowest BCUT2D eigenvalue weighted by Crippen LogP contribution is -2.46. The molecule has 102 valence electrons. The minimum atomic E-state index is -0.988. The number of amides is 2. The number of likely N-dealkylation sites (tertiary alicyclic amines) is 1. The number of rotatable bonds is 5. The van der Waals surface area contributed by atoms with Gasteiger partial charge >= 0.3 is 12.0 Å². The molecule has 0 bridgehead atoms. The Bertz CT molecular complexity index is 330. The van der Waals surface area contributed by atoms with Gasteiger partial charge in [0, 0.05) is 26.6 Å². The molecule has 18 heavy (non-hydrogen) atoms. The molecule has 2 N–H and O–H groups in total. The number of carbonyl (C=O) groups excluding carboxylic acids is 1. The van der Waals surface area contributed by atoms with Crippen LogP contribution in [0.2, 0.25) is 0 Å². The van der Waals surface area contributed by atoms with E-state index in [-0.39, 0.29) is 12.1 Å². The van der Waals surface area contributed by atoms with Crippen LogP contribution in [-0.2, 0) is 9.53 Å². The number of aliphatic carboxylic acids is 1. The second-order valence-electron chi connectivity index (χ2n) is 4.19. The minimum Gasteiger partial charge on any atom is -0.480 e. The summed E-state index contributed by atoms with van der Waals surface area (Å²) in [5, 5.41) is 11.8. The summed E-state index contributed by atoms with van der Waals surface area (Å²) in [4.78, 5) is 24.2. The molecule has 0 aromatic heterocycles. The molecule has 6 heteroatoms. The van der Waals surface area contributed by atoms with Gasteiger partial charge in [-0.15, -0.1) is 0 Å². The van der Waals surface area contributed by atoms with Crippen molar-refractivity contribution >= 4 is 12.0 Å². The number of carboxylic acids is 1. The Labute approximate surface area is 107 Å². The van der Waals surface area contributed by atoms with Crippen molar-refractivity contribution in [1.29, 1.82) is 0 Å². The normalized spacial score (nSPS) is 23.6. The van der Waals surface area contributed by atoms with E-state index in [1.54, 1.807) is 0 Å². The van der Waals surface area contributed by atoms with Crippen molar-refractivity contribution in [3.05, 3.63) is 12.2 Å². The van der Waals surface area contributed by atoms with Crippen LogP contribution in [0.4, 0.5) is 4.79 Å². The van der Waals surface area contributed by atoms with Crippen molar-refractivity contribution in [1.82, 2.24) is 10.2 Å². The molecule has 1 saturated heterocycles. The lowest BCUT2D eigenvalue weighted by Gasteiger charge is -2.21. The van der Waals surface area contributed by atoms with E-state index >= 15 is 0 Å². The molecule has 0 aromatic rings. The highest BCUT2D eigenvalue weighted by Crippen LogP contribution is 2.20. The van der Waals surface area contributed by atoms with Gasteiger partial charge < -0.3 is 20.1 Å². The van der Waals surface area contributed by atoms with Crippen molar-refractivity contribution in [2.75, 3.05) is 20.2 Å². The van der Waals surface area contributed by atoms with Crippen LogP contribution in [0, 0.1) is 0 Å². The van der Waals surface area contributed by atoms with Crippen LogP contribution in [0.15, 0.2) is 12.2 Å².